The van der Waals surface area contributed by atoms with Gasteiger partial charge in [0, 0.05) is 44.6 Å². The van der Waals surface area contributed by atoms with Gasteiger partial charge in [-0.05, 0) is 25.0 Å². The molecule has 7 heteroatoms. The summed E-state index contributed by atoms with van der Waals surface area (Å²) in [5.41, 5.74) is 1.22. The Labute approximate surface area is 134 Å². The molecule has 0 aliphatic carbocycles. The summed E-state index contributed by atoms with van der Waals surface area (Å²) in [5.74, 6) is -0.0993. The summed E-state index contributed by atoms with van der Waals surface area (Å²) in [6, 6.07) is 3.64. The van der Waals surface area contributed by atoms with Crippen LogP contribution in [0.3, 0.4) is 0 Å². The maximum Gasteiger partial charge on any atom is 0.270 e. The van der Waals surface area contributed by atoms with Gasteiger partial charge in [-0.15, -0.1) is 0 Å². The minimum Gasteiger partial charge on any atom is -0.348 e. The van der Waals surface area contributed by atoms with Crippen molar-refractivity contribution in [2.24, 2.45) is 0 Å². The van der Waals surface area contributed by atoms with Crippen LogP contribution in [0.1, 0.15) is 30.3 Å². The zero-order valence-corrected chi connectivity index (χ0v) is 13.0. The van der Waals surface area contributed by atoms with Crippen LogP contribution in [-0.2, 0) is 4.79 Å². The molecule has 3 heterocycles. The predicted octanol–water partition coefficient (Wildman–Crippen LogP) is 1.01. The molecule has 2 aromatic heterocycles. The Kier molecular flexibility index (Phi) is 4.36. The molecule has 3 rings (SSSR count). The second-order valence-electron chi connectivity index (χ2n) is 5.62. The third kappa shape index (κ3) is 3.56. The van der Waals surface area contributed by atoms with Gasteiger partial charge in [-0.25, -0.2) is 4.98 Å². The van der Waals surface area contributed by atoms with E-state index in [0.29, 0.717) is 18.8 Å². The summed E-state index contributed by atoms with van der Waals surface area (Å²) in [6.45, 7) is 2.94. The Hall–Kier alpha value is -2.70. The molecule has 23 heavy (non-hydrogen) atoms. The lowest BCUT2D eigenvalue weighted by atomic mass is 10.0. The fourth-order valence-corrected chi connectivity index (χ4v) is 2.71. The van der Waals surface area contributed by atoms with Gasteiger partial charge in [-0.2, -0.15) is 0 Å². The number of hydrogen-bond donors (Lipinski definition) is 1. The number of rotatable bonds is 3. The Morgan fingerprint density at radius 2 is 2.04 bits per heavy atom. The minimum absolute atomic E-state index is 0.0804. The summed E-state index contributed by atoms with van der Waals surface area (Å²) >= 11 is 0. The summed E-state index contributed by atoms with van der Waals surface area (Å²) in [4.78, 5) is 33.6. The van der Waals surface area contributed by atoms with Crippen molar-refractivity contribution in [3.8, 4) is 5.69 Å². The second kappa shape index (κ2) is 6.60. The van der Waals surface area contributed by atoms with E-state index in [9.17, 15) is 9.59 Å². The Morgan fingerprint density at radius 3 is 2.70 bits per heavy atom. The monoisotopic (exact) mass is 313 g/mol. The molecule has 1 aliphatic rings. The van der Waals surface area contributed by atoms with E-state index in [1.807, 2.05) is 16.8 Å². The Morgan fingerprint density at radius 1 is 1.26 bits per heavy atom. The molecule has 0 saturated carbocycles. The summed E-state index contributed by atoms with van der Waals surface area (Å²) in [6.07, 6.45) is 8.33. The average molecular weight is 313 g/mol. The lowest BCUT2D eigenvalue weighted by Crippen LogP contribution is -2.46. The SMILES string of the molecule is CC(=O)N1CCC(NC(=O)c2cc(-n3ccnc3)ccn2)CC1. The molecule has 1 aliphatic heterocycles. The van der Waals surface area contributed by atoms with Gasteiger partial charge in [0.05, 0.1) is 12.0 Å². The van der Waals surface area contributed by atoms with Gasteiger partial charge in [0.1, 0.15) is 5.69 Å². The number of likely N-dealkylation sites (tertiary alicyclic amines) is 1. The van der Waals surface area contributed by atoms with Crippen molar-refractivity contribution in [2.45, 2.75) is 25.8 Å². The molecule has 0 unspecified atom stereocenters. The third-order valence-corrected chi connectivity index (χ3v) is 4.05. The third-order valence-electron chi connectivity index (χ3n) is 4.05. The largest absolute Gasteiger partial charge is 0.348 e. The molecule has 0 atom stereocenters. The van der Waals surface area contributed by atoms with Gasteiger partial charge in [0.2, 0.25) is 5.91 Å². The minimum atomic E-state index is -0.187. The summed E-state index contributed by atoms with van der Waals surface area (Å²) in [7, 11) is 0. The molecule has 0 radical (unpaired) electrons. The van der Waals surface area contributed by atoms with Crippen LogP contribution in [0.25, 0.3) is 5.69 Å². The van der Waals surface area contributed by atoms with E-state index in [4.69, 9.17) is 0 Å². The zero-order valence-electron chi connectivity index (χ0n) is 13.0. The van der Waals surface area contributed by atoms with Crippen molar-refractivity contribution in [3.05, 3.63) is 42.7 Å². The molecule has 1 saturated heterocycles. The Bertz CT molecular complexity index is 690. The topological polar surface area (TPSA) is 80.1 Å². The molecular weight excluding hydrogens is 294 g/mol. The first kappa shape index (κ1) is 15.2. The number of nitrogens with zero attached hydrogens (tertiary/aromatic N) is 4. The molecule has 0 aromatic carbocycles. The molecule has 0 spiro atoms. The van der Waals surface area contributed by atoms with Gasteiger partial charge in [-0.1, -0.05) is 0 Å². The number of imidazole rings is 1. The quantitative estimate of drug-likeness (QED) is 0.917. The number of carbonyl (C=O) groups excluding carboxylic acids is 2. The Balaban J connectivity index is 1.63. The molecule has 120 valence electrons. The lowest BCUT2D eigenvalue weighted by Gasteiger charge is -2.31. The van der Waals surface area contributed by atoms with Crippen LogP contribution in [0.15, 0.2) is 37.1 Å². The fraction of sp³-hybridized carbons (Fsp3) is 0.375. The van der Waals surface area contributed by atoms with E-state index in [1.54, 1.807) is 36.6 Å². The highest BCUT2D eigenvalue weighted by molar-refractivity contribution is 5.93. The maximum atomic E-state index is 12.4. The van der Waals surface area contributed by atoms with Gasteiger partial charge in [0.25, 0.3) is 5.91 Å². The molecule has 1 fully saturated rings. The number of pyridine rings is 1. The predicted molar refractivity (Wildman–Crippen MR) is 84.1 cm³/mol. The number of amides is 2. The molecule has 1 N–H and O–H groups in total. The first-order chi connectivity index (χ1) is 11.1. The lowest BCUT2D eigenvalue weighted by molar-refractivity contribution is -0.129. The smallest absolute Gasteiger partial charge is 0.270 e. The van der Waals surface area contributed by atoms with Crippen LogP contribution in [0, 0.1) is 0 Å². The second-order valence-corrected chi connectivity index (χ2v) is 5.62. The normalized spacial score (nSPS) is 15.4. The van der Waals surface area contributed by atoms with Crippen LogP contribution in [0.2, 0.25) is 0 Å². The molecule has 2 aromatic rings. The van der Waals surface area contributed by atoms with Crippen molar-refractivity contribution >= 4 is 11.8 Å². The maximum absolute atomic E-state index is 12.4. The van der Waals surface area contributed by atoms with Gasteiger partial charge in [0.15, 0.2) is 0 Å². The average Bonchev–Trinajstić information content (AvgIpc) is 3.10. The first-order valence-electron chi connectivity index (χ1n) is 7.64. The number of nitrogens with one attached hydrogen (secondary N) is 1. The van der Waals surface area contributed by atoms with E-state index in [-0.39, 0.29) is 17.9 Å². The first-order valence-corrected chi connectivity index (χ1v) is 7.64. The van der Waals surface area contributed by atoms with Crippen LogP contribution in [0.5, 0.6) is 0 Å². The van der Waals surface area contributed by atoms with Gasteiger partial charge >= 0.3 is 0 Å². The van der Waals surface area contributed by atoms with Crippen molar-refractivity contribution in [2.75, 3.05) is 13.1 Å². The molecular formula is C16H19N5O2. The number of aromatic nitrogens is 3. The van der Waals surface area contributed by atoms with E-state index >= 15 is 0 Å². The van der Waals surface area contributed by atoms with Crippen molar-refractivity contribution in [1.82, 2.24) is 24.8 Å². The number of hydrogen-bond acceptors (Lipinski definition) is 4. The highest BCUT2D eigenvalue weighted by Crippen LogP contribution is 2.12. The van der Waals surface area contributed by atoms with Crippen molar-refractivity contribution in [3.63, 3.8) is 0 Å². The zero-order chi connectivity index (χ0) is 16.2. The highest BCUT2D eigenvalue weighted by Gasteiger charge is 2.22. The van der Waals surface area contributed by atoms with Crippen LogP contribution < -0.4 is 5.32 Å². The van der Waals surface area contributed by atoms with Crippen LogP contribution in [0.4, 0.5) is 0 Å². The van der Waals surface area contributed by atoms with Gasteiger partial charge in [-0.3, -0.25) is 14.6 Å². The summed E-state index contributed by atoms with van der Waals surface area (Å²) in [5, 5.41) is 3.00. The fourth-order valence-electron chi connectivity index (χ4n) is 2.71. The van der Waals surface area contributed by atoms with Crippen molar-refractivity contribution in [1.29, 1.82) is 0 Å². The van der Waals surface area contributed by atoms with Gasteiger partial charge < -0.3 is 14.8 Å². The van der Waals surface area contributed by atoms with Crippen LogP contribution in [-0.4, -0.2) is 50.4 Å². The highest BCUT2D eigenvalue weighted by atomic mass is 16.2. The molecule has 7 nitrogen and oxygen atoms in total. The van der Waals surface area contributed by atoms with E-state index < -0.39 is 0 Å². The summed E-state index contributed by atoms with van der Waals surface area (Å²) < 4.78 is 1.82. The number of carbonyl (C=O) groups is 2. The van der Waals surface area contributed by atoms with Crippen molar-refractivity contribution < 1.29 is 9.59 Å². The molecule has 0 bridgehead atoms. The van der Waals surface area contributed by atoms with E-state index in [1.165, 1.54) is 0 Å². The standard InChI is InChI=1S/C16H19N5O2/c1-12(22)20-7-3-13(4-8-20)19-16(23)15-10-14(2-5-18-15)21-9-6-17-11-21/h2,5-6,9-11,13H,3-4,7-8H2,1H3,(H,19,23). The number of piperidine rings is 1. The van der Waals surface area contributed by atoms with E-state index in [2.05, 4.69) is 15.3 Å². The molecule has 2 amide bonds. The van der Waals surface area contributed by atoms with Crippen LogP contribution >= 0.6 is 0 Å². The van der Waals surface area contributed by atoms with E-state index in [0.717, 1.165) is 18.5 Å².